The van der Waals surface area contributed by atoms with Crippen LogP contribution in [-0.4, -0.2) is 51.9 Å². The van der Waals surface area contributed by atoms with Crippen LogP contribution in [0.15, 0.2) is 22.9 Å². The first-order valence-electron chi connectivity index (χ1n) is 5.41. The molecule has 1 unspecified atom stereocenters. The lowest BCUT2D eigenvalue weighted by Gasteiger charge is -2.32. The number of aliphatic carboxylic acids is 1. The summed E-state index contributed by atoms with van der Waals surface area (Å²) in [6.45, 7) is -0.359. The summed E-state index contributed by atoms with van der Waals surface area (Å²) in [5.41, 5.74) is 0.280. The number of piperazine rings is 1. The second kappa shape index (κ2) is 5.35. The summed E-state index contributed by atoms with van der Waals surface area (Å²) in [4.78, 5) is 39.6. The van der Waals surface area contributed by atoms with Gasteiger partial charge in [-0.3, -0.25) is 9.59 Å². The molecule has 100 valence electrons. The van der Waals surface area contributed by atoms with Crippen molar-refractivity contribution >= 4 is 33.7 Å². The van der Waals surface area contributed by atoms with Crippen molar-refractivity contribution in [2.45, 2.75) is 6.04 Å². The van der Waals surface area contributed by atoms with Crippen LogP contribution in [0.2, 0.25) is 0 Å². The molecule has 2 amide bonds. The maximum atomic E-state index is 12.2. The van der Waals surface area contributed by atoms with Gasteiger partial charge in [-0.1, -0.05) is 0 Å². The molecule has 2 N–H and O–H groups in total. The van der Waals surface area contributed by atoms with Crippen molar-refractivity contribution in [2.75, 3.05) is 13.1 Å². The fourth-order valence-electron chi connectivity index (χ4n) is 1.78. The molecule has 0 saturated carbocycles. The number of halogens is 1. The highest BCUT2D eigenvalue weighted by atomic mass is 79.9. The van der Waals surface area contributed by atoms with E-state index < -0.39 is 17.9 Å². The van der Waals surface area contributed by atoms with Gasteiger partial charge in [0.05, 0.1) is 0 Å². The van der Waals surface area contributed by atoms with E-state index in [2.05, 4.69) is 26.2 Å². The zero-order valence-electron chi connectivity index (χ0n) is 9.67. The summed E-state index contributed by atoms with van der Waals surface area (Å²) < 4.78 is 0.465. The normalized spacial score (nSPS) is 18.9. The predicted molar refractivity (Wildman–Crippen MR) is 67.4 cm³/mol. The van der Waals surface area contributed by atoms with Gasteiger partial charge in [0.15, 0.2) is 0 Å². The van der Waals surface area contributed by atoms with Crippen molar-refractivity contribution in [2.24, 2.45) is 0 Å². The molecule has 1 aromatic rings. The van der Waals surface area contributed by atoms with Crippen LogP contribution in [0.25, 0.3) is 0 Å². The summed E-state index contributed by atoms with van der Waals surface area (Å²) in [6, 6.07) is 1.89. The van der Waals surface area contributed by atoms with E-state index in [1.807, 2.05) is 0 Å². The molecule has 0 spiro atoms. The molecule has 1 aliphatic rings. The van der Waals surface area contributed by atoms with E-state index in [9.17, 15) is 14.4 Å². The topological polar surface area (TPSA) is 99.6 Å². The zero-order valence-corrected chi connectivity index (χ0v) is 11.3. The largest absolute Gasteiger partial charge is 0.480 e. The minimum Gasteiger partial charge on any atom is -0.480 e. The SMILES string of the molecule is O=C1CN(C(=O)c2ccnc(Br)c2)C(C(=O)O)CN1. The number of amides is 2. The van der Waals surface area contributed by atoms with Gasteiger partial charge in [-0.2, -0.15) is 0 Å². The fourth-order valence-corrected chi connectivity index (χ4v) is 2.14. The third kappa shape index (κ3) is 2.90. The molecular weight excluding hydrogens is 318 g/mol. The van der Waals surface area contributed by atoms with Gasteiger partial charge in [0.2, 0.25) is 5.91 Å². The number of rotatable bonds is 2. The molecule has 1 atom stereocenters. The molecule has 0 radical (unpaired) electrons. The maximum Gasteiger partial charge on any atom is 0.328 e. The molecule has 19 heavy (non-hydrogen) atoms. The third-order valence-electron chi connectivity index (χ3n) is 2.70. The highest BCUT2D eigenvalue weighted by Crippen LogP contribution is 2.14. The Labute approximate surface area is 116 Å². The van der Waals surface area contributed by atoms with Crippen molar-refractivity contribution in [1.82, 2.24) is 15.2 Å². The van der Waals surface area contributed by atoms with Crippen LogP contribution in [0.4, 0.5) is 0 Å². The quantitative estimate of drug-likeness (QED) is 0.737. The monoisotopic (exact) mass is 327 g/mol. The Hall–Kier alpha value is -1.96. The molecule has 0 aromatic carbocycles. The minimum absolute atomic E-state index is 0.0911. The Morgan fingerprint density at radius 3 is 2.89 bits per heavy atom. The number of hydrogen-bond donors (Lipinski definition) is 2. The smallest absolute Gasteiger partial charge is 0.328 e. The summed E-state index contributed by atoms with van der Waals surface area (Å²) >= 11 is 3.13. The number of nitrogens with zero attached hydrogens (tertiary/aromatic N) is 2. The van der Waals surface area contributed by atoms with Gasteiger partial charge in [0.25, 0.3) is 5.91 Å². The lowest BCUT2D eigenvalue weighted by Crippen LogP contribution is -2.59. The van der Waals surface area contributed by atoms with Gasteiger partial charge in [0, 0.05) is 18.3 Å². The lowest BCUT2D eigenvalue weighted by molar-refractivity contribution is -0.144. The van der Waals surface area contributed by atoms with E-state index in [0.29, 0.717) is 4.60 Å². The third-order valence-corrected chi connectivity index (χ3v) is 3.14. The number of pyridine rings is 1. The van der Waals surface area contributed by atoms with Crippen LogP contribution in [0.5, 0.6) is 0 Å². The second-order valence-corrected chi connectivity index (χ2v) is 4.77. The Kier molecular flexibility index (Phi) is 3.79. The first-order valence-corrected chi connectivity index (χ1v) is 6.20. The average Bonchev–Trinajstić information content (AvgIpc) is 2.37. The van der Waals surface area contributed by atoms with Crippen LogP contribution in [0, 0.1) is 0 Å². The van der Waals surface area contributed by atoms with Crippen LogP contribution in [0.3, 0.4) is 0 Å². The summed E-state index contributed by atoms with van der Waals surface area (Å²) in [6.07, 6.45) is 1.43. The Morgan fingerprint density at radius 1 is 1.53 bits per heavy atom. The second-order valence-electron chi connectivity index (χ2n) is 3.96. The van der Waals surface area contributed by atoms with Crippen LogP contribution >= 0.6 is 15.9 Å². The van der Waals surface area contributed by atoms with E-state index in [0.717, 1.165) is 4.90 Å². The molecule has 1 aromatic heterocycles. The van der Waals surface area contributed by atoms with Crippen molar-refractivity contribution in [1.29, 1.82) is 0 Å². The standard InChI is InChI=1S/C11H10BrN3O4/c12-8-3-6(1-2-13-8)10(17)15-5-9(16)14-4-7(15)11(18)19/h1-3,7H,4-5H2,(H,14,16)(H,18,19). The van der Waals surface area contributed by atoms with Gasteiger partial charge in [0.1, 0.15) is 17.2 Å². The van der Waals surface area contributed by atoms with Gasteiger partial charge in [-0.05, 0) is 28.1 Å². The molecule has 2 heterocycles. The summed E-state index contributed by atoms with van der Waals surface area (Å²) in [5.74, 6) is -2.04. The van der Waals surface area contributed by atoms with Crippen LogP contribution < -0.4 is 5.32 Å². The molecule has 1 saturated heterocycles. The van der Waals surface area contributed by atoms with Crippen LogP contribution in [-0.2, 0) is 9.59 Å². The molecule has 8 heteroatoms. The van der Waals surface area contributed by atoms with Crippen molar-refractivity contribution in [3.63, 3.8) is 0 Å². The van der Waals surface area contributed by atoms with Crippen molar-refractivity contribution < 1.29 is 19.5 Å². The van der Waals surface area contributed by atoms with Crippen molar-refractivity contribution in [3.8, 4) is 0 Å². The molecule has 2 rings (SSSR count). The number of carbonyl (C=O) groups excluding carboxylic acids is 2. The maximum absolute atomic E-state index is 12.2. The van der Waals surface area contributed by atoms with Crippen LogP contribution in [0.1, 0.15) is 10.4 Å². The van der Waals surface area contributed by atoms with E-state index >= 15 is 0 Å². The van der Waals surface area contributed by atoms with Gasteiger partial charge in [-0.15, -0.1) is 0 Å². The van der Waals surface area contributed by atoms with E-state index in [1.165, 1.54) is 18.3 Å². The minimum atomic E-state index is -1.15. The fraction of sp³-hybridized carbons (Fsp3) is 0.273. The van der Waals surface area contributed by atoms with E-state index in [1.54, 1.807) is 0 Å². The Balaban J connectivity index is 2.28. The highest BCUT2D eigenvalue weighted by Gasteiger charge is 2.35. The predicted octanol–water partition coefficient (Wildman–Crippen LogP) is -0.131. The number of hydrogen-bond acceptors (Lipinski definition) is 4. The van der Waals surface area contributed by atoms with E-state index in [-0.39, 0.29) is 24.6 Å². The molecular formula is C11H10BrN3O4. The zero-order chi connectivity index (χ0) is 14.0. The van der Waals surface area contributed by atoms with E-state index in [4.69, 9.17) is 5.11 Å². The average molecular weight is 328 g/mol. The molecule has 1 fully saturated rings. The summed E-state index contributed by atoms with van der Waals surface area (Å²) in [5, 5.41) is 11.5. The number of aromatic nitrogens is 1. The molecule has 1 aliphatic heterocycles. The van der Waals surface area contributed by atoms with Gasteiger partial charge >= 0.3 is 5.97 Å². The first kappa shape index (κ1) is 13.5. The lowest BCUT2D eigenvalue weighted by atomic mass is 10.1. The number of carboxylic acids is 1. The highest BCUT2D eigenvalue weighted by molar-refractivity contribution is 9.10. The molecule has 7 nitrogen and oxygen atoms in total. The van der Waals surface area contributed by atoms with Crippen molar-refractivity contribution in [3.05, 3.63) is 28.5 Å². The van der Waals surface area contributed by atoms with Gasteiger partial charge in [-0.25, -0.2) is 9.78 Å². The molecule has 0 aliphatic carbocycles. The number of carboxylic acid groups (broad SMARTS) is 1. The Bertz CT molecular complexity index is 548. The van der Waals surface area contributed by atoms with Gasteiger partial charge < -0.3 is 15.3 Å². The summed E-state index contributed by atoms with van der Waals surface area (Å²) in [7, 11) is 0. The molecule has 0 bridgehead atoms. The Morgan fingerprint density at radius 2 is 2.26 bits per heavy atom. The number of carbonyl (C=O) groups is 3. The number of nitrogens with one attached hydrogen (secondary N) is 1. The first-order chi connectivity index (χ1) is 8.99.